The highest BCUT2D eigenvalue weighted by molar-refractivity contribution is 7.89. The van der Waals surface area contributed by atoms with E-state index in [0.29, 0.717) is 24.1 Å². The smallest absolute Gasteiger partial charge is 0.254 e. The molecule has 4 rings (SSSR count). The lowest BCUT2D eigenvalue weighted by atomic mass is 9.46. The molecule has 1 fully saturated rings. The summed E-state index contributed by atoms with van der Waals surface area (Å²) in [6.45, 7) is 0. The Bertz CT molecular complexity index is 1230. The van der Waals surface area contributed by atoms with Crippen LogP contribution >= 0.6 is 0 Å². The van der Waals surface area contributed by atoms with Crippen molar-refractivity contribution >= 4 is 47.1 Å². The Hall–Kier alpha value is -2.21. The van der Waals surface area contributed by atoms with Gasteiger partial charge in [0.15, 0.2) is 5.65 Å². The third-order valence-corrected chi connectivity index (χ3v) is 8.02. The van der Waals surface area contributed by atoms with E-state index in [0.717, 1.165) is 0 Å². The van der Waals surface area contributed by atoms with Crippen LogP contribution in [-0.4, -0.2) is 84.4 Å². The van der Waals surface area contributed by atoms with Crippen molar-refractivity contribution in [3.8, 4) is 0 Å². The zero-order valence-electron chi connectivity index (χ0n) is 18.0. The minimum Gasteiger partial charge on any atom is -0.254 e. The number of halogens is 2. The van der Waals surface area contributed by atoms with Crippen LogP contribution in [0.4, 0.5) is 8.78 Å². The molecule has 0 N–H and O–H groups in total. The Labute approximate surface area is 182 Å². The summed E-state index contributed by atoms with van der Waals surface area (Å²) in [6, 6.07) is 1.36. The molecular weight excluding hydrogens is 424 g/mol. The second-order valence-corrected chi connectivity index (χ2v) is 11.0. The van der Waals surface area contributed by atoms with Gasteiger partial charge in [-0.25, -0.2) is 31.0 Å². The number of aromatic nitrogens is 6. The fourth-order valence-corrected chi connectivity index (χ4v) is 7.16. The standard InChI is InChI=1S/C15H21B4F2N7O2S/c1-26-6-12(24-25-26)31(29,30)28-14(16,17)3-8(4-15(28,18)19)10-5-27-11(22-7-23-27)2-9(10)13(20)21/h2,5-8,13H,3-4,16-19H2,1H3. The molecule has 3 aromatic heterocycles. The molecule has 0 spiro atoms. The minimum absolute atomic E-state index is 0.0951. The number of alkyl halides is 2. The molecule has 3 aromatic rings. The van der Waals surface area contributed by atoms with Gasteiger partial charge >= 0.3 is 0 Å². The van der Waals surface area contributed by atoms with Gasteiger partial charge in [0.05, 0.1) is 6.20 Å². The molecule has 0 atom stereocenters. The first-order valence-corrected chi connectivity index (χ1v) is 11.3. The average Bonchev–Trinajstić information content (AvgIpc) is 3.26. The maximum absolute atomic E-state index is 13.9. The molecule has 4 heterocycles. The number of hydrogen-bond acceptors (Lipinski definition) is 6. The summed E-state index contributed by atoms with van der Waals surface area (Å²) in [4.78, 5) is 4.00. The summed E-state index contributed by atoms with van der Waals surface area (Å²) in [7, 11) is 4.89. The first kappa shape index (κ1) is 22.0. The Morgan fingerprint density at radius 2 is 1.81 bits per heavy atom. The van der Waals surface area contributed by atoms with Crippen molar-refractivity contribution in [1.29, 1.82) is 0 Å². The first-order valence-electron chi connectivity index (χ1n) is 9.86. The number of fused-ring (bicyclic) bond motifs is 1. The molecule has 0 bridgehead atoms. The second-order valence-electron chi connectivity index (χ2n) is 9.28. The van der Waals surface area contributed by atoms with Crippen LogP contribution in [0.15, 0.2) is 29.8 Å². The van der Waals surface area contributed by atoms with Gasteiger partial charge in [-0.15, -0.1) is 5.10 Å². The number of piperidine rings is 1. The zero-order valence-corrected chi connectivity index (χ0v) is 18.8. The summed E-state index contributed by atoms with van der Waals surface area (Å²) in [5, 5.41) is 9.78. The quantitative estimate of drug-likeness (QED) is 0.403. The Morgan fingerprint density at radius 3 is 2.35 bits per heavy atom. The highest BCUT2D eigenvalue weighted by Crippen LogP contribution is 2.45. The van der Waals surface area contributed by atoms with Gasteiger partial charge in [0, 0.05) is 18.8 Å². The Morgan fingerprint density at radius 1 is 1.16 bits per heavy atom. The third-order valence-electron chi connectivity index (χ3n) is 5.83. The van der Waals surface area contributed by atoms with Crippen molar-refractivity contribution < 1.29 is 17.2 Å². The van der Waals surface area contributed by atoms with Gasteiger partial charge in [-0.1, -0.05) is 5.21 Å². The highest BCUT2D eigenvalue weighted by Gasteiger charge is 2.52. The van der Waals surface area contributed by atoms with E-state index in [4.69, 9.17) is 0 Å². The van der Waals surface area contributed by atoms with Crippen LogP contribution in [0.2, 0.25) is 0 Å². The van der Waals surface area contributed by atoms with Crippen LogP contribution in [-0.2, 0) is 17.1 Å². The molecule has 0 aliphatic carbocycles. The normalized spacial score (nSPS) is 19.9. The lowest BCUT2D eigenvalue weighted by Crippen LogP contribution is -2.68. The van der Waals surface area contributed by atoms with Crippen molar-refractivity contribution in [1.82, 2.24) is 33.9 Å². The van der Waals surface area contributed by atoms with Gasteiger partial charge in [-0.3, -0.25) is 4.68 Å². The van der Waals surface area contributed by atoms with E-state index >= 15 is 0 Å². The van der Waals surface area contributed by atoms with E-state index < -0.39 is 27.1 Å². The molecule has 31 heavy (non-hydrogen) atoms. The van der Waals surface area contributed by atoms with Crippen molar-refractivity contribution in [2.24, 2.45) is 7.05 Å². The fraction of sp³-hybridized carbons (Fsp3) is 0.467. The van der Waals surface area contributed by atoms with Gasteiger partial charge in [0.2, 0.25) is 5.03 Å². The molecule has 16 heteroatoms. The minimum atomic E-state index is -3.95. The van der Waals surface area contributed by atoms with Crippen LogP contribution in [0.5, 0.6) is 0 Å². The predicted octanol–water partition coefficient (Wildman–Crippen LogP) is -2.80. The summed E-state index contributed by atoms with van der Waals surface area (Å²) >= 11 is 0. The fourth-order valence-electron chi connectivity index (χ4n) is 5.09. The monoisotopic (exact) mass is 445 g/mol. The van der Waals surface area contributed by atoms with Gasteiger partial charge in [-0.2, -0.15) is 5.10 Å². The maximum Gasteiger partial charge on any atom is 0.264 e. The van der Waals surface area contributed by atoms with E-state index in [-0.39, 0.29) is 16.5 Å². The van der Waals surface area contributed by atoms with E-state index in [1.807, 2.05) is 31.4 Å². The summed E-state index contributed by atoms with van der Waals surface area (Å²) in [6.07, 6.45) is 2.31. The van der Waals surface area contributed by atoms with Crippen molar-refractivity contribution in [2.75, 3.05) is 0 Å². The van der Waals surface area contributed by atoms with Crippen molar-refractivity contribution in [3.63, 3.8) is 0 Å². The lowest BCUT2D eigenvalue weighted by Gasteiger charge is -2.54. The molecule has 1 aliphatic rings. The van der Waals surface area contributed by atoms with E-state index in [2.05, 4.69) is 20.4 Å². The molecular formula is C15H21B4F2N7O2S. The first-order chi connectivity index (χ1) is 14.3. The van der Waals surface area contributed by atoms with E-state index in [1.54, 1.807) is 13.2 Å². The molecule has 9 nitrogen and oxygen atoms in total. The van der Waals surface area contributed by atoms with E-state index in [1.165, 1.54) is 32.1 Å². The van der Waals surface area contributed by atoms with Gasteiger partial charge in [-0.05, 0) is 41.1 Å². The molecule has 1 saturated heterocycles. The number of nitrogens with zero attached hydrogens (tertiary/aromatic N) is 7. The lowest BCUT2D eigenvalue weighted by molar-refractivity contribution is 0.146. The van der Waals surface area contributed by atoms with Crippen LogP contribution < -0.4 is 0 Å². The van der Waals surface area contributed by atoms with Crippen molar-refractivity contribution in [3.05, 3.63) is 35.9 Å². The summed E-state index contributed by atoms with van der Waals surface area (Å²) < 4.78 is 59.0. The Balaban J connectivity index is 1.79. The predicted molar refractivity (Wildman–Crippen MR) is 120 cm³/mol. The number of aryl methyl sites for hydroxylation is 1. The van der Waals surface area contributed by atoms with Crippen LogP contribution in [0.1, 0.15) is 36.3 Å². The molecule has 160 valence electrons. The van der Waals surface area contributed by atoms with Gasteiger partial charge in [0.1, 0.15) is 37.7 Å². The molecule has 0 radical (unpaired) electrons. The van der Waals surface area contributed by atoms with Crippen molar-refractivity contribution in [2.45, 2.75) is 40.9 Å². The van der Waals surface area contributed by atoms with Crippen LogP contribution in [0, 0.1) is 0 Å². The zero-order chi connectivity index (χ0) is 22.8. The molecule has 0 unspecified atom stereocenters. The Kier molecular flexibility index (Phi) is 5.08. The molecule has 0 aromatic carbocycles. The second kappa shape index (κ2) is 7.16. The number of pyridine rings is 1. The third kappa shape index (κ3) is 3.69. The largest absolute Gasteiger partial charge is 0.264 e. The maximum atomic E-state index is 13.9. The average molecular weight is 445 g/mol. The SMILES string of the molecule is BC1(B)CC(c2cn3ncnc3cc2C(F)F)CC(B)(B)N1S(=O)(=O)c1cn(C)nn1. The number of sulfonamides is 1. The van der Waals surface area contributed by atoms with Gasteiger partial charge < -0.3 is 0 Å². The summed E-state index contributed by atoms with van der Waals surface area (Å²) in [5.74, 6) is -0.295. The molecule has 0 amide bonds. The summed E-state index contributed by atoms with van der Waals surface area (Å²) in [5.41, 5.74) is 0.716. The topological polar surface area (TPSA) is 98.3 Å². The van der Waals surface area contributed by atoms with Gasteiger partial charge in [0.25, 0.3) is 16.4 Å². The highest BCUT2D eigenvalue weighted by atomic mass is 32.2. The number of hydrogen-bond donors (Lipinski definition) is 0. The number of rotatable bonds is 4. The molecule has 1 aliphatic heterocycles. The molecule has 0 saturated carbocycles. The van der Waals surface area contributed by atoms with Crippen LogP contribution in [0.25, 0.3) is 5.65 Å². The van der Waals surface area contributed by atoms with Crippen LogP contribution in [0.3, 0.4) is 0 Å². The van der Waals surface area contributed by atoms with E-state index in [9.17, 15) is 17.2 Å².